The van der Waals surface area contributed by atoms with Crippen LogP contribution in [0.15, 0.2) is 30.5 Å². The van der Waals surface area contributed by atoms with Crippen LogP contribution in [0.5, 0.6) is 0 Å². The molecule has 1 aliphatic heterocycles. The Morgan fingerprint density at radius 2 is 2.32 bits per heavy atom. The van der Waals surface area contributed by atoms with Gasteiger partial charge >= 0.3 is 0 Å². The lowest BCUT2D eigenvalue weighted by atomic mass is 9.97. The highest BCUT2D eigenvalue weighted by Crippen LogP contribution is 2.27. The molecular formula is C17H20ClN3O. The first-order chi connectivity index (χ1) is 10.7. The molecule has 1 N–H and O–H groups in total. The van der Waals surface area contributed by atoms with Gasteiger partial charge in [-0.3, -0.25) is 9.78 Å². The Kier molecular flexibility index (Phi) is 4.60. The van der Waals surface area contributed by atoms with Gasteiger partial charge < -0.3 is 10.2 Å². The van der Waals surface area contributed by atoms with E-state index in [1.807, 2.05) is 24.1 Å². The number of carbonyl (C=O) groups is 1. The second kappa shape index (κ2) is 6.63. The van der Waals surface area contributed by atoms with Crippen LogP contribution >= 0.6 is 11.6 Å². The van der Waals surface area contributed by atoms with Crippen LogP contribution < -0.4 is 5.32 Å². The molecule has 1 aliphatic rings. The molecule has 1 amide bonds. The van der Waals surface area contributed by atoms with E-state index in [0.717, 1.165) is 31.4 Å². The molecule has 2 aromatic rings. The standard InChI is InChI=1S/C17H20ClN3O/c1-19-10-12-4-3-9-21(11-12)17(22)14-6-7-15(18)13-5-2-8-20-16(13)14/h2,5-8,12,19H,3-4,9-11H2,1H3. The molecule has 4 nitrogen and oxygen atoms in total. The van der Waals surface area contributed by atoms with Crippen LogP contribution in [0.3, 0.4) is 0 Å². The van der Waals surface area contributed by atoms with Crippen LogP contribution in [-0.2, 0) is 0 Å². The number of benzene rings is 1. The summed E-state index contributed by atoms with van der Waals surface area (Å²) in [6, 6.07) is 7.32. The smallest absolute Gasteiger partial charge is 0.256 e. The SMILES string of the molecule is CNCC1CCCN(C(=O)c2ccc(Cl)c3cccnc23)C1. The maximum Gasteiger partial charge on any atom is 0.256 e. The van der Waals surface area contributed by atoms with Crippen LogP contribution in [0.1, 0.15) is 23.2 Å². The first-order valence-electron chi connectivity index (χ1n) is 7.68. The molecule has 1 aromatic carbocycles. The van der Waals surface area contributed by atoms with Gasteiger partial charge in [0.25, 0.3) is 5.91 Å². The monoisotopic (exact) mass is 317 g/mol. The number of fused-ring (bicyclic) bond motifs is 1. The molecular weight excluding hydrogens is 298 g/mol. The van der Waals surface area contributed by atoms with Crippen LogP contribution in [0.4, 0.5) is 0 Å². The van der Waals surface area contributed by atoms with Crippen molar-refractivity contribution in [2.75, 3.05) is 26.7 Å². The molecule has 3 rings (SSSR count). The quantitative estimate of drug-likeness (QED) is 0.946. The minimum atomic E-state index is 0.0566. The Morgan fingerprint density at radius 3 is 3.14 bits per heavy atom. The van der Waals surface area contributed by atoms with Crippen molar-refractivity contribution >= 4 is 28.4 Å². The number of piperidine rings is 1. The fourth-order valence-electron chi connectivity index (χ4n) is 3.19. The second-order valence-corrected chi connectivity index (χ2v) is 6.22. The third kappa shape index (κ3) is 2.94. The van der Waals surface area contributed by atoms with Gasteiger partial charge in [-0.25, -0.2) is 0 Å². The zero-order chi connectivity index (χ0) is 15.5. The van der Waals surface area contributed by atoms with Crippen molar-refractivity contribution in [3.63, 3.8) is 0 Å². The van der Waals surface area contributed by atoms with Gasteiger partial charge in [0, 0.05) is 24.7 Å². The molecule has 0 radical (unpaired) electrons. The number of carbonyl (C=O) groups excluding carboxylic acids is 1. The molecule has 2 heterocycles. The van der Waals surface area contributed by atoms with E-state index in [4.69, 9.17) is 11.6 Å². The number of rotatable bonds is 3. The molecule has 0 saturated carbocycles. The summed E-state index contributed by atoms with van der Waals surface area (Å²) in [5.74, 6) is 0.579. The zero-order valence-corrected chi connectivity index (χ0v) is 13.4. The summed E-state index contributed by atoms with van der Waals surface area (Å²) >= 11 is 6.21. The van der Waals surface area contributed by atoms with Crippen molar-refractivity contribution in [2.24, 2.45) is 5.92 Å². The van der Waals surface area contributed by atoms with Gasteiger partial charge in [-0.15, -0.1) is 0 Å². The number of hydrogen-bond acceptors (Lipinski definition) is 3. The van der Waals surface area contributed by atoms with Gasteiger partial charge in [0.1, 0.15) is 0 Å². The Labute approximate surface area is 135 Å². The van der Waals surface area contributed by atoms with Crippen molar-refractivity contribution in [2.45, 2.75) is 12.8 Å². The predicted octanol–water partition coefficient (Wildman–Crippen LogP) is 2.96. The van der Waals surface area contributed by atoms with Gasteiger partial charge in [0.15, 0.2) is 0 Å². The number of likely N-dealkylation sites (tertiary alicyclic amines) is 1. The minimum absolute atomic E-state index is 0.0566. The van der Waals surface area contributed by atoms with E-state index in [9.17, 15) is 4.79 Å². The molecule has 0 aliphatic carbocycles. The fourth-order valence-corrected chi connectivity index (χ4v) is 3.40. The highest BCUT2D eigenvalue weighted by molar-refractivity contribution is 6.36. The van der Waals surface area contributed by atoms with E-state index in [2.05, 4.69) is 10.3 Å². The molecule has 0 bridgehead atoms. The van der Waals surface area contributed by atoms with Crippen molar-refractivity contribution in [3.8, 4) is 0 Å². The summed E-state index contributed by atoms with van der Waals surface area (Å²) in [7, 11) is 1.96. The van der Waals surface area contributed by atoms with Gasteiger partial charge in [-0.1, -0.05) is 11.6 Å². The van der Waals surface area contributed by atoms with Gasteiger partial charge in [0.05, 0.1) is 16.1 Å². The van der Waals surface area contributed by atoms with E-state index in [-0.39, 0.29) is 5.91 Å². The van der Waals surface area contributed by atoms with Gasteiger partial charge in [-0.2, -0.15) is 0 Å². The largest absolute Gasteiger partial charge is 0.338 e. The number of aromatic nitrogens is 1. The maximum atomic E-state index is 12.9. The van der Waals surface area contributed by atoms with Crippen LogP contribution in [-0.4, -0.2) is 42.5 Å². The number of nitrogens with one attached hydrogen (secondary N) is 1. The summed E-state index contributed by atoms with van der Waals surface area (Å²) in [5, 5.41) is 4.67. The Hall–Kier alpha value is -1.65. The Morgan fingerprint density at radius 1 is 1.45 bits per heavy atom. The second-order valence-electron chi connectivity index (χ2n) is 5.81. The lowest BCUT2D eigenvalue weighted by Crippen LogP contribution is -2.42. The average Bonchev–Trinajstić information content (AvgIpc) is 2.55. The summed E-state index contributed by atoms with van der Waals surface area (Å²) in [6.07, 6.45) is 3.93. The summed E-state index contributed by atoms with van der Waals surface area (Å²) < 4.78 is 0. The van der Waals surface area contributed by atoms with E-state index in [0.29, 0.717) is 22.0 Å². The molecule has 116 valence electrons. The predicted molar refractivity (Wildman–Crippen MR) is 89.3 cm³/mol. The minimum Gasteiger partial charge on any atom is -0.338 e. The molecule has 1 atom stereocenters. The van der Waals surface area contributed by atoms with Crippen LogP contribution in [0.25, 0.3) is 10.9 Å². The number of hydrogen-bond donors (Lipinski definition) is 1. The molecule has 5 heteroatoms. The van der Waals surface area contributed by atoms with Crippen LogP contribution in [0.2, 0.25) is 5.02 Å². The Bertz CT molecular complexity index is 687. The molecule has 22 heavy (non-hydrogen) atoms. The van der Waals surface area contributed by atoms with Crippen molar-refractivity contribution in [3.05, 3.63) is 41.0 Å². The molecule has 1 aromatic heterocycles. The number of halogens is 1. The third-order valence-electron chi connectivity index (χ3n) is 4.25. The fraction of sp³-hybridized carbons (Fsp3) is 0.412. The van der Waals surface area contributed by atoms with E-state index in [1.54, 1.807) is 18.3 Å². The topological polar surface area (TPSA) is 45.2 Å². The van der Waals surface area contributed by atoms with Gasteiger partial charge in [-0.05, 0) is 56.6 Å². The third-order valence-corrected chi connectivity index (χ3v) is 4.58. The normalized spacial score (nSPS) is 18.6. The lowest BCUT2D eigenvalue weighted by Gasteiger charge is -2.33. The number of pyridine rings is 1. The molecule has 0 spiro atoms. The number of amides is 1. The van der Waals surface area contributed by atoms with Crippen molar-refractivity contribution in [1.29, 1.82) is 0 Å². The summed E-state index contributed by atoms with van der Waals surface area (Å²) in [4.78, 5) is 19.2. The summed E-state index contributed by atoms with van der Waals surface area (Å²) in [5.41, 5.74) is 1.33. The molecule has 1 saturated heterocycles. The first-order valence-corrected chi connectivity index (χ1v) is 8.05. The van der Waals surface area contributed by atoms with Gasteiger partial charge in [0.2, 0.25) is 0 Å². The lowest BCUT2D eigenvalue weighted by molar-refractivity contribution is 0.0676. The van der Waals surface area contributed by atoms with Crippen LogP contribution in [0, 0.1) is 5.92 Å². The van der Waals surface area contributed by atoms with E-state index < -0.39 is 0 Å². The Balaban J connectivity index is 1.91. The number of nitrogens with zero attached hydrogens (tertiary/aromatic N) is 2. The molecule has 1 unspecified atom stereocenters. The maximum absolute atomic E-state index is 12.9. The van der Waals surface area contributed by atoms with E-state index >= 15 is 0 Å². The molecule has 1 fully saturated rings. The zero-order valence-electron chi connectivity index (χ0n) is 12.7. The average molecular weight is 318 g/mol. The highest BCUT2D eigenvalue weighted by Gasteiger charge is 2.25. The first kappa shape index (κ1) is 15.3. The van der Waals surface area contributed by atoms with Crippen molar-refractivity contribution in [1.82, 2.24) is 15.2 Å². The summed E-state index contributed by atoms with van der Waals surface area (Å²) in [6.45, 7) is 2.57. The highest BCUT2D eigenvalue weighted by atomic mass is 35.5. The van der Waals surface area contributed by atoms with E-state index in [1.165, 1.54) is 6.42 Å². The van der Waals surface area contributed by atoms with Crippen molar-refractivity contribution < 1.29 is 4.79 Å².